The molecule has 0 atom stereocenters. The van der Waals surface area contributed by atoms with Crippen LogP contribution in [0.1, 0.15) is 27.9 Å². The van der Waals surface area contributed by atoms with Crippen LogP contribution in [0.15, 0.2) is 42.5 Å². The lowest BCUT2D eigenvalue weighted by Gasteiger charge is -2.10. The molecule has 28 heavy (non-hydrogen) atoms. The third-order valence-electron chi connectivity index (χ3n) is 4.28. The van der Waals surface area contributed by atoms with Crippen molar-refractivity contribution in [2.24, 2.45) is 0 Å². The second-order valence-electron chi connectivity index (χ2n) is 6.81. The molecule has 0 radical (unpaired) electrons. The standard InChI is InChI=1S/C22H23N3O2S/c1-13-5-8-17(9-6-13)22-20(28-16(4)24-22)12-21(27)25-18-10-7-14(2)19(11-18)23-15(3)26/h5-11H,12H2,1-4H3,(H,23,26)(H,25,27). The molecule has 0 bridgehead atoms. The summed E-state index contributed by atoms with van der Waals surface area (Å²) in [4.78, 5) is 29.5. The molecule has 0 unspecified atom stereocenters. The van der Waals surface area contributed by atoms with Gasteiger partial charge in [0.1, 0.15) is 0 Å². The van der Waals surface area contributed by atoms with Crippen molar-refractivity contribution < 1.29 is 9.59 Å². The van der Waals surface area contributed by atoms with Crippen molar-refractivity contribution in [1.29, 1.82) is 0 Å². The fraction of sp³-hybridized carbons (Fsp3) is 0.227. The number of amides is 2. The van der Waals surface area contributed by atoms with Crippen LogP contribution in [0.3, 0.4) is 0 Å². The van der Waals surface area contributed by atoms with Gasteiger partial charge in [0.15, 0.2) is 0 Å². The number of carbonyl (C=O) groups is 2. The molecule has 5 nitrogen and oxygen atoms in total. The van der Waals surface area contributed by atoms with E-state index in [1.54, 1.807) is 6.07 Å². The summed E-state index contributed by atoms with van der Waals surface area (Å²) in [5, 5.41) is 6.63. The summed E-state index contributed by atoms with van der Waals surface area (Å²) in [6.45, 7) is 7.36. The van der Waals surface area contributed by atoms with Crippen molar-refractivity contribution in [2.75, 3.05) is 10.6 Å². The van der Waals surface area contributed by atoms with Gasteiger partial charge in [-0.05, 0) is 38.5 Å². The van der Waals surface area contributed by atoms with Crippen molar-refractivity contribution in [1.82, 2.24) is 4.98 Å². The van der Waals surface area contributed by atoms with Crippen molar-refractivity contribution in [2.45, 2.75) is 34.1 Å². The van der Waals surface area contributed by atoms with Crippen LogP contribution >= 0.6 is 11.3 Å². The summed E-state index contributed by atoms with van der Waals surface area (Å²) in [6.07, 6.45) is 0.248. The van der Waals surface area contributed by atoms with Crippen LogP contribution in [0.5, 0.6) is 0 Å². The molecule has 0 saturated heterocycles. The largest absolute Gasteiger partial charge is 0.326 e. The smallest absolute Gasteiger partial charge is 0.229 e. The van der Waals surface area contributed by atoms with Crippen molar-refractivity contribution in [3.8, 4) is 11.3 Å². The highest BCUT2D eigenvalue weighted by atomic mass is 32.1. The summed E-state index contributed by atoms with van der Waals surface area (Å²) >= 11 is 1.54. The highest BCUT2D eigenvalue weighted by molar-refractivity contribution is 7.12. The number of rotatable bonds is 5. The van der Waals surface area contributed by atoms with Crippen LogP contribution in [0.25, 0.3) is 11.3 Å². The van der Waals surface area contributed by atoms with Gasteiger partial charge >= 0.3 is 0 Å². The third-order valence-corrected chi connectivity index (χ3v) is 5.25. The number of aromatic nitrogens is 1. The molecular formula is C22H23N3O2S. The Balaban J connectivity index is 1.77. The van der Waals surface area contributed by atoms with Gasteiger partial charge in [-0.25, -0.2) is 4.98 Å². The quantitative estimate of drug-likeness (QED) is 0.649. The van der Waals surface area contributed by atoms with Crippen LogP contribution in [0.2, 0.25) is 0 Å². The van der Waals surface area contributed by atoms with E-state index in [0.717, 1.165) is 26.7 Å². The Bertz CT molecular complexity index is 1020. The highest BCUT2D eigenvalue weighted by Crippen LogP contribution is 2.29. The minimum absolute atomic E-state index is 0.116. The lowest BCUT2D eigenvalue weighted by Crippen LogP contribution is -2.15. The van der Waals surface area contributed by atoms with E-state index in [0.29, 0.717) is 11.4 Å². The summed E-state index contributed by atoms with van der Waals surface area (Å²) < 4.78 is 0. The Hall–Kier alpha value is -2.99. The van der Waals surface area contributed by atoms with E-state index in [-0.39, 0.29) is 18.2 Å². The predicted octanol–water partition coefficient (Wildman–Crippen LogP) is 4.87. The zero-order chi connectivity index (χ0) is 20.3. The number of anilines is 2. The van der Waals surface area contributed by atoms with Gasteiger partial charge in [-0.15, -0.1) is 11.3 Å². The molecule has 2 amide bonds. The highest BCUT2D eigenvalue weighted by Gasteiger charge is 2.15. The van der Waals surface area contributed by atoms with Gasteiger partial charge in [0.05, 0.1) is 17.1 Å². The zero-order valence-corrected chi connectivity index (χ0v) is 17.2. The minimum atomic E-state index is -0.144. The molecule has 3 aromatic rings. The second kappa shape index (κ2) is 8.35. The molecule has 0 aliphatic carbocycles. The first-order chi connectivity index (χ1) is 13.3. The first-order valence-electron chi connectivity index (χ1n) is 9.03. The first kappa shape index (κ1) is 19.8. The van der Waals surface area contributed by atoms with Gasteiger partial charge in [-0.2, -0.15) is 0 Å². The summed E-state index contributed by atoms with van der Waals surface area (Å²) in [5.41, 5.74) is 5.34. The van der Waals surface area contributed by atoms with E-state index < -0.39 is 0 Å². The van der Waals surface area contributed by atoms with Crippen molar-refractivity contribution in [3.05, 3.63) is 63.5 Å². The maximum absolute atomic E-state index is 12.6. The Morgan fingerprint density at radius 2 is 1.71 bits per heavy atom. The monoisotopic (exact) mass is 393 g/mol. The number of carbonyl (C=O) groups excluding carboxylic acids is 2. The number of thiazole rings is 1. The average Bonchev–Trinajstić information content (AvgIpc) is 2.98. The zero-order valence-electron chi connectivity index (χ0n) is 16.4. The molecule has 1 heterocycles. The molecule has 2 N–H and O–H groups in total. The molecule has 6 heteroatoms. The molecule has 2 aromatic carbocycles. The molecule has 0 aliphatic heterocycles. The SMILES string of the molecule is CC(=O)Nc1cc(NC(=O)Cc2sc(C)nc2-c2ccc(C)cc2)ccc1C. The lowest BCUT2D eigenvalue weighted by molar-refractivity contribution is -0.115. The van der Waals surface area contributed by atoms with Crippen LogP contribution in [0, 0.1) is 20.8 Å². The van der Waals surface area contributed by atoms with Gasteiger partial charge in [0.2, 0.25) is 11.8 Å². The normalized spacial score (nSPS) is 10.6. The number of aryl methyl sites for hydroxylation is 3. The fourth-order valence-corrected chi connectivity index (χ4v) is 3.86. The number of hydrogen-bond donors (Lipinski definition) is 2. The van der Waals surface area contributed by atoms with E-state index >= 15 is 0 Å². The van der Waals surface area contributed by atoms with Gasteiger partial charge in [0, 0.05) is 28.7 Å². The molecule has 3 rings (SSSR count). The maximum Gasteiger partial charge on any atom is 0.229 e. The van der Waals surface area contributed by atoms with E-state index in [4.69, 9.17) is 0 Å². The predicted molar refractivity (Wildman–Crippen MR) is 115 cm³/mol. The van der Waals surface area contributed by atoms with E-state index in [1.807, 2.05) is 57.2 Å². The summed E-state index contributed by atoms with van der Waals surface area (Å²) in [7, 11) is 0. The van der Waals surface area contributed by atoms with Gasteiger partial charge in [-0.3, -0.25) is 9.59 Å². The fourth-order valence-electron chi connectivity index (χ4n) is 2.90. The number of hydrogen-bond acceptors (Lipinski definition) is 4. The lowest BCUT2D eigenvalue weighted by atomic mass is 10.1. The molecule has 1 aromatic heterocycles. The van der Waals surface area contributed by atoms with Gasteiger partial charge in [-0.1, -0.05) is 35.9 Å². The van der Waals surface area contributed by atoms with E-state index in [2.05, 4.69) is 15.6 Å². The average molecular weight is 394 g/mol. The second-order valence-corrected chi connectivity index (χ2v) is 8.09. The summed E-state index contributed by atoms with van der Waals surface area (Å²) in [5.74, 6) is -0.260. The molecule has 0 aliphatic rings. The van der Waals surface area contributed by atoms with Crippen LogP contribution in [0.4, 0.5) is 11.4 Å². The maximum atomic E-state index is 12.6. The van der Waals surface area contributed by atoms with Gasteiger partial charge in [0.25, 0.3) is 0 Å². The number of nitrogens with zero attached hydrogens (tertiary/aromatic N) is 1. The number of nitrogens with one attached hydrogen (secondary N) is 2. The van der Waals surface area contributed by atoms with Crippen LogP contribution < -0.4 is 10.6 Å². The Labute approximate surface area is 168 Å². The van der Waals surface area contributed by atoms with Crippen molar-refractivity contribution in [3.63, 3.8) is 0 Å². The molecule has 0 saturated carbocycles. The molecular weight excluding hydrogens is 370 g/mol. The minimum Gasteiger partial charge on any atom is -0.326 e. The van der Waals surface area contributed by atoms with Crippen LogP contribution in [-0.2, 0) is 16.0 Å². The topological polar surface area (TPSA) is 71.1 Å². The van der Waals surface area contributed by atoms with Crippen LogP contribution in [-0.4, -0.2) is 16.8 Å². The summed E-state index contributed by atoms with van der Waals surface area (Å²) in [6, 6.07) is 13.6. The van der Waals surface area contributed by atoms with Gasteiger partial charge < -0.3 is 10.6 Å². The third kappa shape index (κ3) is 4.84. The van der Waals surface area contributed by atoms with E-state index in [9.17, 15) is 9.59 Å². The molecule has 0 spiro atoms. The van der Waals surface area contributed by atoms with Crippen molar-refractivity contribution >= 4 is 34.5 Å². The molecule has 0 fully saturated rings. The van der Waals surface area contributed by atoms with E-state index in [1.165, 1.54) is 23.8 Å². The Morgan fingerprint density at radius 1 is 1.00 bits per heavy atom. The Kier molecular flexibility index (Phi) is 5.90. The number of benzene rings is 2. The molecule has 144 valence electrons. The first-order valence-corrected chi connectivity index (χ1v) is 9.85. The Morgan fingerprint density at radius 3 is 2.39 bits per heavy atom.